The number of hydrogen-bond donors (Lipinski definition) is 0. The lowest BCUT2D eigenvalue weighted by atomic mass is 10.2. The van der Waals surface area contributed by atoms with Gasteiger partial charge < -0.3 is 14.2 Å². The highest BCUT2D eigenvalue weighted by Gasteiger charge is 2.42. The quantitative estimate of drug-likeness (QED) is 0.742. The number of ether oxygens (including phenoxy) is 3. The van der Waals surface area contributed by atoms with Gasteiger partial charge in [0.1, 0.15) is 11.6 Å². The van der Waals surface area contributed by atoms with Gasteiger partial charge in [0.15, 0.2) is 0 Å². The van der Waals surface area contributed by atoms with Crippen LogP contribution in [0.2, 0.25) is 0 Å². The standard InChI is InChI=1S/C14H25NO5/c1-9(2)19-10-7-11(12(16)18-6)15(8-10)13(17)20-14(3,4)5/h9-11H,7-8H2,1-6H3/t10-,11-/m0/s1. The second-order valence-corrected chi connectivity index (χ2v) is 6.21. The second-order valence-electron chi connectivity index (χ2n) is 6.21. The summed E-state index contributed by atoms with van der Waals surface area (Å²) in [5.74, 6) is -0.439. The Labute approximate surface area is 120 Å². The van der Waals surface area contributed by atoms with E-state index in [1.807, 2.05) is 13.8 Å². The van der Waals surface area contributed by atoms with Gasteiger partial charge in [-0.25, -0.2) is 9.59 Å². The Balaban J connectivity index is 2.79. The van der Waals surface area contributed by atoms with E-state index in [0.717, 1.165) is 0 Å². The van der Waals surface area contributed by atoms with E-state index in [1.165, 1.54) is 12.0 Å². The summed E-state index contributed by atoms with van der Waals surface area (Å²) in [6, 6.07) is -0.640. The molecule has 0 aromatic carbocycles. The Morgan fingerprint density at radius 1 is 1.25 bits per heavy atom. The highest BCUT2D eigenvalue weighted by Crippen LogP contribution is 2.24. The van der Waals surface area contributed by atoms with Gasteiger partial charge in [0.2, 0.25) is 0 Å². The number of nitrogens with zero attached hydrogens (tertiary/aromatic N) is 1. The van der Waals surface area contributed by atoms with E-state index < -0.39 is 23.7 Å². The third-order valence-electron chi connectivity index (χ3n) is 2.83. The number of carbonyl (C=O) groups excluding carboxylic acids is 2. The summed E-state index contributed by atoms with van der Waals surface area (Å²) in [6.07, 6.45) is -0.212. The minimum atomic E-state index is -0.640. The maximum Gasteiger partial charge on any atom is 0.411 e. The molecule has 0 saturated carbocycles. The highest BCUT2D eigenvalue weighted by molar-refractivity contribution is 5.82. The molecule has 1 amide bonds. The zero-order valence-corrected chi connectivity index (χ0v) is 13.1. The minimum Gasteiger partial charge on any atom is -0.467 e. The van der Waals surface area contributed by atoms with Crippen molar-refractivity contribution in [3.8, 4) is 0 Å². The number of rotatable bonds is 3. The van der Waals surface area contributed by atoms with E-state index in [-0.39, 0.29) is 12.2 Å². The molecule has 1 aliphatic rings. The average Bonchev–Trinajstić information content (AvgIpc) is 2.68. The van der Waals surface area contributed by atoms with Crippen LogP contribution in [0.1, 0.15) is 41.0 Å². The fourth-order valence-corrected chi connectivity index (χ4v) is 2.16. The van der Waals surface area contributed by atoms with Crippen molar-refractivity contribution in [1.29, 1.82) is 0 Å². The summed E-state index contributed by atoms with van der Waals surface area (Å²) in [5.41, 5.74) is -0.602. The van der Waals surface area contributed by atoms with Crippen LogP contribution in [0.4, 0.5) is 4.79 Å². The fourth-order valence-electron chi connectivity index (χ4n) is 2.16. The average molecular weight is 287 g/mol. The molecule has 0 bridgehead atoms. The van der Waals surface area contributed by atoms with Gasteiger partial charge in [-0.2, -0.15) is 0 Å². The van der Waals surface area contributed by atoms with Gasteiger partial charge in [0.05, 0.1) is 25.9 Å². The van der Waals surface area contributed by atoms with Crippen molar-refractivity contribution in [1.82, 2.24) is 4.90 Å². The molecule has 0 spiro atoms. The lowest BCUT2D eigenvalue weighted by molar-refractivity contribution is -0.145. The maximum absolute atomic E-state index is 12.2. The van der Waals surface area contributed by atoms with Crippen molar-refractivity contribution in [3.63, 3.8) is 0 Å². The number of carbonyl (C=O) groups is 2. The molecule has 1 fully saturated rings. The first-order chi connectivity index (χ1) is 9.14. The molecule has 6 heteroatoms. The van der Waals surface area contributed by atoms with E-state index in [2.05, 4.69) is 0 Å². The molecule has 1 aliphatic heterocycles. The predicted octanol–water partition coefficient (Wildman–Crippen LogP) is 1.96. The van der Waals surface area contributed by atoms with E-state index >= 15 is 0 Å². The smallest absolute Gasteiger partial charge is 0.411 e. The van der Waals surface area contributed by atoms with Gasteiger partial charge in [-0.3, -0.25) is 4.90 Å². The number of methoxy groups -OCH3 is 1. The molecule has 0 aromatic heterocycles. The van der Waals surface area contributed by atoms with E-state index in [4.69, 9.17) is 14.2 Å². The van der Waals surface area contributed by atoms with Crippen molar-refractivity contribution in [2.75, 3.05) is 13.7 Å². The molecule has 0 unspecified atom stereocenters. The van der Waals surface area contributed by atoms with Crippen molar-refractivity contribution in [2.24, 2.45) is 0 Å². The minimum absolute atomic E-state index is 0.0388. The number of esters is 1. The molecule has 1 saturated heterocycles. The summed E-state index contributed by atoms with van der Waals surface area (Å²) in [7, 11) is 1.31. The van der Waals surface area contributed by atoms with Crippen LogP contribution in [0.3, 0.4) is 0 Å². The zero-order valence-electron chi connectivity index (χ0n) is 13.1. The van der Waals surface area contributed by atoms with E-state index in [0.29, 0.717) is 13.0 Å². The van der Waals surface area contributed by atoms with Gasteiger partial charge in [-0.05, 0) is 34.6 Å². The summed E-state index contributed by atoms with van der Waals surface area (Å²) in [5, 5.41) is 0. The van der Waals surface area contributed by atoms with Crippen LogP contribution >= 0.6 is 0 Å². The van der Waals surface area contributed by atoms with Gasteiger partial charge in [0, 0.05) is 6.42 Å². The Hall–Kier alpha value is -1.30. The zero-order chi connectivity index (χ0) is 15.5. The summed E-state index contributed by atoms with van der Waals surface area (Å²) in [6.45, 7) is 9.54. The van der Waals surface area contributed by atoms with Crippen LogP contribution in [0.5, 0.6) is 0 Å². The SMILES string of the molecule is COC(=O)[C@@H]1C[C@H](OC(C)C)CN1C(=O)OC(C)(C)C. The first-order valence-corrected chi connectivity index (χ1v) is 6.87. The van der Waals surface area contributed by atoms with E-state index in [9.17, 15) is 9.59 Å². The molecule has 0 aliphatic carbocycles. The first kappa shape index (κ1) is 16.8. The molecule has 116 valence electrons. The molecule has 0 aromatic rings. The topological polar surface area (TPSA) is 65.1 Å². The van der Waals surface area contributed by atoms with Crippen molar-refractivity contribution in [2.45, 2.75) is 64.9 Å². The molecular weight excluding hydrogens is 262 g/mol. The van der Waals surface area contributed by atoms with Crippen molar-refractivity contribution < 1.29 is 23.8 Å². The number of likely N-dealkylation sites (tertiary alicyclic amines) is 1. The van der Waals surface area contributed by atoms with Crippen LogP contribution in [-0.2, 0) is 19.0 Å². The number of hydrogen-bond acceptors (Lipinski definition) is 5. The van der Waals surface area contributed by atoms with Crippen molar-refractivity contribution >= 4 is 12.1 Å². The van der Waals surface area contributed by atoms with Crippen molar-refractivity contribution in [3.05, 3.63) is 0 Å². The van der Waals surface area contributed by atoms with Crippen LogP contribution < -0.4 is 0 Å². The van der Waals surface area contributed by atoms with Crippen LogP contribution in [0.15, 0.2) is 0 Å². The molecule has 1 heterocycles. The third kappa shape index (κ3) is 4.67. The molecule has 2 atom stereocenters. The molecule has 6 nitrogen and oxygen atoms in total. The summed E-state index contributed by atoms with van der Waals surface area (Å²) in [4.78, 5) is 25.4. The molecule has 0 radical (unpaired) electrons. The Morgan fingerprint density at radius 3 is 2.30 bits per heavy atom. The summed E-state index contributed by atoms with van der Waals surface area (Å²) >= 11 is 0. The highest BCUT2D eigenvalue weighted by atomic mass is 16.6. The predicted molar refractivity (Wildman–Crippen MR) is 73.4 cm³/mol. The lowest BCUT2D eigenvalue weighted by Crippen LogP contribution is -2.44. The largest absolute Gasteiger partial charge is 0.467 e. The summed E-state index contributed by atoms with van der Waals surface area (Å²) < 4.78 is 15.8. The number of amides is 1. The van der Waals surface area contributed by atoms with Crippen LogP contribution in [-0.4, -0.2) is 54.5 Å². The van der Waals surface area contributed by atoms with Crippen LogP contribution in [0, 0.1) is 0 Å². The fraction of sp³-hybridized carbons (Fsp3) is 0.857. The molecule has 0 N–H and O–H groups in total. The third-order valence-corrected chi connectivity index (χ3v) is 2.83. The Bertz CT molecular complexity index is 361. The monoisotopic (exact) mass is 287 g/mol. The van der Waals surface area contributed by atoms with Gasteiger partial charge >= 0.3 is 12.1 Å². The first-order valence-electron chi connectivity index (χ1n) is 6.87. The lowest BCUT2D eigenvalue weighted by Gasteiger charge is -2.27. The van der Waals surface area contributed by atoms with Gasteiger partial charge in [-0.1, -0.05) is 0 Å². The second kappa shape index (κ2) is 6.43. The molecule has 20 heavy (non-hydrogen) atoms. The molecule has 1 rings (SSSR count). The Morgan fingerprint density at radius 2 is 1.85 bits per heavy atom. The molecular formula is C14H25NO5. The van der Waals surface area contributed by atoms with Crippen LogP contribution in [0.25, 0.3) is 0 Å². The normalized spacial score (nSPS) is 23.1. The van der Waals surface area contributed by atoms with E-state index in [1.54, 1.807) is 20.8 Å². The van der Waals surface area contributed by atoms with Gasteiger partial charge in [-0.15, -0.1) is 0 Å². The Kier molecular flexibility index (Phi) is 5.39. The van der Waals surface area contributed by atoms with Gasteiger partial charge in [0.25, 0.3) is 0 Å². The maximum atomic E-state index is 12.2.